The number of benzene rings is 1. The van der Waals surface area contributed by atoms with E-state index in [2.05, 4.69) is 21.6 Å². The average molecular weight is 228 g/mol. The van der Waals surface area contributed by atoms with Crippen molar-refractivity contribution in [2.24, 2.45) is 0 Å². The smallest absolute Gasteiger partial charge is 0.247 e. The molecule has 1 N–H and O–H groups in total. The van der Waals surface area contributed by atoms with Crippen molar-refractivity contribution in [3.05, 3.63) is 35.7 Å². The molecular formula is C12H12N4O. The van der Waals surface area contributed by atoms with Crippen LogP contribution in [0.25, 0.3) is 11.5 Å². The Kier molecular flexibility index (Phi) is 3.48. The Balaban J connectivity index is 2.21. The summed E-state index contributed by atoms with van der Waals surface area (Å²) in [6.45, 7) is 0.792. The number of aromatic nitrogens is 2. The van der Waals surface area contributed by atoms with Crippen molar-refractivity contribution in [3.63, 3.8) is 0 Å². The van der Waals surface area contributed by atoms with E-state index < -0.39 is 0 Å². The molecule has 1 aromatic carbocycles. The van der Waals surface area contributed by atoms with Gasteiger partial charge in [-0.15, -0.1) is 10.2 Å². The van der Waals surface area contributed by atoms with Crippen LogP contribution in [0.2, 0.25) is 0 Å². The topological polar surface area (TPSA) is 74.7 Å². The molecule has 17 heavy (non-hydrogen) atoms. The quantitative estimate of drug-likeness (QED) is 0.855. The van der Waals surface area contributed by atoms with E-state index in [4.69, 9.17) is 9.68 Å². The van der Waals surface area contributed by atoms with Crippen molar-refractivity contribution < 1.29 is 4.42 Å². The fourth-order valence-electron chi connectivity index (χ4n) is 1.42. The van der Waals surface area contributed by atoms with E-state index in [-0.39, 0.29) is 0 Å². The maximum Gasteiger partial charge on any atom is 0.247 e. The Hall–Kier alpha value is -2.19. The van der Waals surface area contributed by atoms with Crippen LogP contribution in [0.15, 0.2) is 28.7 Å². The van der Waals surface area contributed by atoms with Crippen LogP contribution in [0.3, 0.4) is 0 Å². The molecule has 0 saturated heterocycles. The average Bonchev–Trinajstić information content (AvgIpc) is 2.85. The molecule has 0 saturated carbocycles. The SMILES string of the molecule is CNCCc1nnc(-c2cccc(C#N)c2)o1. The van der Waals surface area contributed by atoms with Gasteiger partial charge < -0.3 is 9.73 Å². The van der Waals surface area contributed by atoms with Gasteiger partial charge in [-0.1, -0.05) is 6.07 Å². The van der Waals surface area contributed by atoms with Crippen LogP contribution < -0.4 is 5.32 Å². The highest BCUT2D eigenvalue weighted by Gasteiger charge is 2.08. The van der Waals surface area contributed by atoms with Crippen molar-refractivity contribution in [1.29, 1.82) is 5.26 Å². The summed E-state index contributed by atoms with van der Waals surface area (Å²) in [6, 6.07) is 9.19. The third kappa shape index (κ3) is 2.68. The van der Waals surface area contributed by atoms with E-state index >= 15 is 0 Å². The van der Waals surface area contributed by atoms with Gasteiger partial charge in [0, 0.05) is 18.5 Å². The molecule has 1 heterocycles. The molecule has 0 amide bonds. The van der Waals surface area contributed by atoms with E-state index in [0.717, 1.165) is 12.1 Å². The number of nitriles is 1. The Morgan fingerprint density at radius 3 is 3.06 bits per heavy atom. The zero-order valence-electron chi connectivity index (χ0n) is 9.47. The molecule has 2 rings (SSSR count). The van der Waals surface area contributed by atoms with Crippen LogP contribution >= 0.6 is 0 Å². The lowest BCUT2D eigenvalue weighted by Crippen LogP contribution is -2.10. The third-order valence-electron chi connectivity index (χ3n) is 2.29. The van der Waals surface area contributed by atoms with Gasteiger partial charge in [0.15, 0.2) is 0 Å². The lowest BCUT2D eigenvalue weighted by Gasteiger charge is -1.95. The van der Waals surface area contributed by atoms with E-state index in [1.165, 1.54) is 0 Å². The maximum absolute atomic E-state index is 8.81. The van der Waals surface area contributed by atoms with Crippen molar-refractivity contribution in [1.82, 2.24) is 15.5 Å². The van der Waals surface area contributed by atoms with E-state index in [1.54, 1.807) is 18.2 Å². The summed E-state index contributed by atoms with van der Waals surface area (Å²) in [4.78, 5) is 0. The summed E-state index contributed by atoms with van der Waals surface area (Å²) in [6.07, 6.45) is 0.696. The summed E-state index contributed by atoms with van der Waals surface area (Å²) in [5.41, 5.74) is 1.35. The molecule has 0 radical (unpaired) electrons. The fraction of sp³-hybridized carbons (Fsp3) is 0.250. The second-order valence-corrected chi connectivity index (χ2v) is 3.55. The van der Waals surface area contributed by atoms with Crippen LogP contribution in [0.5, 0.6) is 0 Å². The highest BCUT2D eigenvalue weighted by atomic mass is 16.4. The highest BCUT2D eigenvalue weighted by Crippen LogP contribution is 2.18. The van der Waals surface area contributed by atoms with Gasteiger partial charge in [0.2, 0.25) is 11.8 Å². The molecule has 0 atom stereocenters. The Labute approximate surface area is 99.1 Å². The molecule has 0 aliphatic rings. The monoisotopic (exact) mass is 228 g/mol. The summed E-state index contributed by atoms with van der Waals surface area (Å²) < 4.78 is 5.50. The predicted octanol–water partition coefficient (Wildman–Crippen LogP) is 1.37. The van der Waals surface area contributed by atoms with Crippen molar-refractivity contribution >= 4 is 0 Å². The molecular weight excluding hydrogens is 216 g/mol. The first-order valence-corrected chi connectivity index (χ1v) is 5.31. The van der Waals surface area contributed by atoms with Crippen LogP contribution in [0, 0.1) is 11.3 Å². The van der Waals surface area contributed by atoms with Crippen molar-refractivity contribution in [2.75, 3.05) is 13.6 Å². The summed E-state index contributed by atoms with van der Waals surface area (Å²) in [7, 11) is 1.87. The predicted molar refractivity (Wildman–Crippen MR) is 62.1 cm³/mol. The maximum atomic E-state index is 8.81. The fourth-order valence-corrected chi connectivity index (χ4v) is 1.42. The third-order valence-corrected chi connectivity index (χ3v) is 2.29. The lowest BCUT2D eigenvalue weighted by molar-refractivity contribution is 0.500. The number of hydrogen-bond donors (Lipinski definition) is 1. The molecule has 86 valence electrons. The first-order valence-electron chi connectivity index (χ1n) is 5.31. The van der Waals surface area contributed by atoms with Crippen molar-refractivity contribution in [2.45, 2.75) is 6.42 Å². The number of nitrogens with zero attached hydrogens (tertiary/aromatic N) is 3. The summed E-state index contributed by atoms with van der Waals surface area (Å²) >= 11 is 0. The number of hydrogen-bond acceptors (Lipinski definition) is 5. The van der Waals surface area contributed by atoms with Gasteiger partial charge in [-0.3, -0.25) is 0 Å². The largest absolute Gasteiger partial charge is 0.421 e. The number of nitrogens with one attached hydrogen (secondary N) is 1. The molecule has 1 aromatic heterocycles. The van der Waals surface area contributed by atoms with Crippen LogP contribution in [0.4, 0.5) is 0 Å². The Morgan fingerprint density at radius 1 is 1.41 bits per heavy atom. The molecule has 0 aliphatic heterocycles. The molecule has 5 nitrogen and oxygen atoms in total. The van der Waals surface area contributed by atoms with E-state index in [0.29, 0.717) is 23.8 Å². The lowest BCUT2D eigenvalue weighted by atomic mass is 10.1. The zero-order chi connectivity index (χ0) is 12.1. The minimum absolute atomic E-state index is 0.452. The number of likely N-dealkylation sites (N-methyl/N-ethyl adjacent to an activating group) is 1. The van der Waals surface area contributed by atoms with Crippen LogP contribution in [0.1, 0.15) is 11.5 Å². The molecule has 0 aliphatic carbocycles. The van der Waals surface area contributed by atoms with Gasteiger partial charge >= 0.3 is 0 Å². The standard InChI is InChI=1S/C12H12N4O/c1-14-6-5-11-15-16-12(17-11)10-4-2-3-9(7-10)8-13/h2-4,7,14H,5-6H2,1H3. The van der Waals surface area contributed by atoms with Crippen LogP contribution in [-0.4, -0.2) is 23.8 Å². The second kappa shape index (κ2) is 5.23. The molecule has 0 spiro atoms. The van der Waals surface area contributed by atoms with Gasteiger partial charge in [-0.25, -0.2) is 0 Å². The number of rotatable bonds is 4. The minimum Gasteiger partial charge on any atom is -0.421 e. The Morgan fingerprint density at radius 2 is 2.29 bits per heavy atom. The molecule has 2 aromatic rings. The van der Waals surface area contributed by atoms with Gasteiger partial charge in [-0.05, 0) is 25.2 Å². The molecule has 0 fully saturated rings. The van der Waals surface area contributed by atoms with Crippen LogP contribution in [-0.2, 0) is 6.42 Å². The summed E-state index contributed by atoms with van der Waals surface area (Å²) in [5, 5.41) is 19.7. The normalized spacial score (nSPS) is 10.1. The van der Waals surface area contributed by atoms with E-state index in [9.17, 15) is 0 Å². The van der Waals surface area contributed by atoms with Crippen molar-refractivity contribution in [3.8, 4) is 17.5 Å². The minimum atomic E-state index is 0.452. The van der Waals surface area contributed by atoms with E-state index in [1.807, 2.05) is 13.1 Å². The molecule has 0 unspecified atom stereocenters. The van der Waals surface area contributed by atoms with Gasteiger partial charge in [0.25, 0.3) is 0 Å². The Bertz CT molecular complexity index is 541. The first-order chi connectivity index (χ1) is 8.33. The zero-order valence-corrected chi connectivity index (χ0v) is 9.47. The first kappa shape index (κ1) is 11.3. The van der Waals surface area contributed by atoms with Gasteiger partial charge in [-0.2, -0.15) is 5.26 Å². The molecule has 5 heteroatoms. The summed E-state index contributed by atoms with van der Waals surface area (Å²) in [5.74, 6) is 1.05. The van der Waals surface area contributed by atoms with Gasteiger partial charge in [0.1, 0.15) is 0 Å². The highest BCUT2D eigenvalue weighted by molar-refractivity contribution is 5.55. The molecule has 0 bridgehead atoms. The second-order valence-electron chi connectivity index (χ2n) is 3.55. The van der Waals surface area contributed by atoms with Gasteiger partial charge in [0.05, 0.1) is 11.6 Å².